The van der Waals surface area contributed by atoms with E-state index in [1.807, 2.05) is 57.3 Å². The molecule has 1 atom stereocenters. The quantitative estimate of drug-likeness (QED) is 0.00547. The summed E-state index contributed by atoms with van der Waals surface area (Å²) < 4.78 is 96.0. The molecule has 2 aliphatic heterocycles. The van der Waals surface area contributed by atoms with Crippen LogP contribution in [0.5, 0.6) is 5.75 Å². The molecule has 0 amide bonds. The maximum Gasteiger partial charge on any atom is 0.490 e. The summed E-state index contributed by atoms with van der Waals surface area (Å²) in [5, 5.41) is 42.0. The monoisotopic (exact) mass is 1820 g/mol. The minimum Gasteiger partial charge on any atom is -0.542 e. The topological polar surface area (TPSA) is 505 Å². The Kier molecular flexibility index (Phi) is 81.6. The largest absolute Gasteiger partial charge is 0.542 e. The number of benzene rings is 1. The molecule has 124 heavy (non-hydrogen) atoms. The van der Waals surface area contributed by atoms with E-state index in [-0.39, 0.29) is 86.3 Å². The molecule has 718 valence electrons. The molecule has 0 aliphatic carbocycles. The van der Waals surface area contributed by atoms with Crippen LogP contribution in [0.2, 0.25) is 36.3 Å². The lowest BCUT2D eigenvalue weighted by atomic mass is 10.1. The van der Waals surface area contributed by atoms with E-state index in [2.05, 4.69) is 115 Å². The van der Waals surface area contributed by atoms with E-state index in [4.69, 9.17) is 44.5 Å². The first-order chi connectivity index (χ1) is 57.9. The second kappa shape index (κ2) is 78.0. The smallest absolute Gasteiger partial charge is 0.490 e. The molecule has 2 heterocycles. The highest BCUT2D eigenvalue weighted by molar-refractivity contribution is 6.75. The van der Waals surface area contributed by atoms with Gasteiger partial charge < -0.3 is 95.8 Å². The lowest BCUT2D eigenvalue weighted by Crippen LogP contribution is -2.50. The molecular weight excluding hydrogens is 1680 g/mol. The number of ketones is 5. The summed E-state index contributed by atoms with van der Waals surface area (Å²) >= 11 is 0. The molecule has 1 aromatic carbocycles. The molecule has 0 bridgehead atoms. The molecule has 0 aromatic heterocycles. The predicted molar refractivity (Wildman–Crippen MR) is 454 cm³/mol. The molecule has 2 saturated heterocycles. The minimum absolute atomic E-state index is 0.0114. The van der Waals surface area contributed by atoms with E-state index < -0.39 is 118 Å². The summed E-state index contributed by atoms with van der Waals surface area (Å²) in [4.78, 5) is 174. The number of ether oxygens (including phenoxy) is 10. The zero-order valence-electron chi connectivity index (χ0n) is 78.3. The number of Topliss-reactive ketones (excluding diaryl/α,β-unsaturated/α-hetero) is 5. The molecule has 0 spiro atoms. The van der Waals surface area contributed by atoms with Crippen molar-refractivity contribution in [2.45, 2.75) is 280 Å². The van der Waals surface area contributed by atoms with Gasteiger partial charge in [-0.3, -0.25) is 38.4 Å². The lowest BCUT2D eigenvalue weighted by molar-refractivity contribution is -0.929. The number of unbranched alkanes of at least 4 members (excludes halogenated alkanes) is 4. The molecule has 1 unspecified atom stereocenters. The van der Waals surface area contributed by atoms with Crippen LogP contribution in [0.1, 0.15) is 234 Å². The predicted octanol–water partition coefficient (Wildman–Crippen LogP) is 12.1. The van der Waals surface area contributed by atoms with Crippen LogP contribution < -0.4 is 9.84 Å². The van der Waals surface area contributed by atoms with Gasteiger partial charge in [-0.2, -0.15) is 13.2 Å². The number of aliphatic hydroxyl groups is 1. The highest BCUT2D eigenvalue weighted by atomic mass is 28.4. The fourth-order valence-electron chi connectivity index (χ4n) is 7.83. The zero-order valence-corrected chi connectivity index (χ0v) is 79.3. The van der Waals surface area contributed by atoms with Crippen molar-refractivity contribution in [3.63, 3.8) is 0 Å². The lowest BCUT2D eigenvalue weighted by Gasteiger charge is -2.39. The van der Waals surface area contributed by atoms with Gasteiger partial charge in [0.2, 0.25) is 17.3 Å². The Bertz CT molecular complexity index is 3270. The summed E-state index contributed by atoms with van der Waals surface area (Å²) in [5.41, 5.74) is 0. The third-order valence-electron chi connectivity index (χ3n) is 16.7. The van der Waals surface area contributed by atoms with Gasteiger partial charge in [-0.05, 0) is 126 Å². The van der Waals surface area contributed by atoms with Gasteiger partial charge in [0.25, 0.3) is 29.6 Å². The van der Waals surface area contributed by atoms with Crippen LogP contribution in [0.25, 0.3) is 0 Å². The molecule has 0 radical (unpaired) electrons. The number of esters is 6. The molecule has 35 nitrogen and oxygen atoms in total. The number of carboxylic acid groups (broad SMARTS) is 4. The van der Waals surface area contributed by atoms with E-state index in [1.54, 1.807) is 20.1 Å². The number of hydrogen-bond acceptors (Lipinski definition) is 31. The van der Waals surface area contributed by atoms with E-state index in [9.17, 15) is 100 Å². The van der Waals surface area contributed by atoms with E-state index >= 15 is 0 Å². The third-order valence-corrected chi connectivity index (χ3v) is 25.4. The molecule has 2 aliphatic rings. The first-order valence-corrected chi connectivity index (χ1v) is 45.9. The van der Waals surface area contributed by atoms with Crippen LogP contribution in [-0.4, -0.2) is 250 Å². The van der Waals surface area contributed by atoms with Crippen molar-refractivity contribution in [3.8, 4) is 5.75 Å². The van der Waals surface area contributed by atoms with Gasteiger partial charge in [0.05, 0.1) is 94.7 Å². The Balaban J connectivity index is -0.000000171. The van der Waals surface area contributed by atoms with Crippen molar-refractivity contribution >= 4 is 118 Å². The number of para-hydroxylation sites is 1. The standard InChI is InChI=1S/C16H36N.C12H22O5Si.C12H24O3Si.C7H8O.2C6H8O5.C6H10O3.C5H6O5.C5H8O3.C4H8O.C3H6O.C2HF3O2/c1-5-9-13-17(14-10-6-2,15-11-7-3)16-12-8-4;1-12(2,3)18(5,6)17-10(11(14)15-4)7-8-16-9-13;1-8-9-10(11(13)14-5)15-16(6,7)12(2,3)4;1-8-7-5-3-2-4-6-7;1-10-5(8)6(9)3-2-4(7)11-6;1-10-6(9)5(8)2-3-11-4-7;1-3-4-5(7)6(8)9-2;6-3(5(9)10)1-2-4(7)8;1-2-3-4(6)5(7)8;1-2-4-5-3-1;1-3(2)4;3-2(4,5)1(6)7/h5-16H2,1-4H3;7,9H,8H2,1-6H3;9H,8H2,1-7H3;2-6H,1H3;9H,2-3H2,1H3;4H,2-3H2,1H3;3-4H2,1-2H3;1-2H2,(H,7,8)(H,9,10);2-3H2,1H3,(H,7,8);1-4H2;1-2H3;(H,6,7)/q+1;;;;;;;;;;;/p-1/b;10-7+;10-9+;;;;;;;;;/i;;;;;;;;;;1D;. The van der Waals surface area contributed by atoms with Crippen molar-refractivity contribution in [2.75, 3.05) is 95.3 Å². The summed E-state index contributed by atoms with van der Waals surface area (Å²) in [6, 6.07) is 9.68. The highest BCUT2D eigenvalue weighted by Gasteiger charge is 2.47. The number of carbonyl (C=O) groups is 17. The number of carboxylic acids is 4. The molecule has 40 heteroatoms. The van der Waals surface area contributed by atoms with Gasteiger partial charge in [-0.25, -0.2) is 33.6 Å². The Hall–Kier alpha value is -9.81. The SMILES string of the molecule is C1CCOC1.CC/C=C(/O[Si](C)(C)C(C)(C)C)C(=O)OC.CCCC(=O)C(=O)O.CCCC(=O)C(=O)OC.CCCC[N+](CCCC)(CCCC)CCCC.COC(=O)/C(=C\COC=O)O[Si](C)(C)C(C)(C)C.COC(=O)C(=O)CCOC=O.COC(=O)C1(O)CCC(=O)O1.COc1ccccc1.O=C(O)C(F)(F)F.O=C(O)CCC(=O)C(=O)[O-].[2H]CC(C)=O. The average molecular weight is 1830 g/mol. The molecule has 4 N–H and O–H groups in total. The number of hydrogen-bond donors (Lipinski definition) is 4. The Morgan fingerprint density at radius 1 is 0.556 bits per heavy atom. The maximum absolute atomic E-state index is 11.6. The van der Waals surface area contributed by atoms with Crippen molar-refractivity contribution in [1.82, 2.24) is 0 Å². The van der Waals surface area contributed by atoms with Gasteiger partial charge in [-0.1, -0.05) is 134 Å². The molecule has 0 saturated carbocycles. The van der Waals surface area contributed by atoms with Crippen LogP contribution in [-0.2, 0) is 133 Å². The number of aliphatic carboxylic acids is 4. The summed E-state index contributed by atoms with van der Waals surface area (Å²) in [7, 11) is 3.68. The van der Waals surface area contributed by atoms with Crippen molar-refractivity contribution in [3.05, 3.63) is 54.0 Å². The number of allylic oxidation sites excluding steroid dienone is 1. The number of cyclic esters (lactones) is 1. The molecular formula is C84H144F3NO34Si2. The van der Waals surface area contributed by atoms with E-state index in [0.29, 0.717) is 25.1 Å². The van der Waals surface area contributed by atoms with Crippen LogP contribution in [0, 0.1) is 0 Å². The number of nitrogens with zero attached hydrogens (tertiary/aromatic N) is 1. The molecule has 1 aromatic rings. The molecule has 3 rings (SSSR count). The first kappa shape index (κ1) is 130. The fraction of sp³-hybridized carbons (Fsp3) is 0.679. The van der Waals surface area contributed by atoms with Gasteiger partial charge in [0.15, 0.2) is 17.3 Å². The summed E-state index contributed by atoms with van der Waals surface area (Å²) in [6.07, 6.45) is 13.1. The van der Waals surface area contributed by atoms with Gasteiger partial charge >= 0.3 is 65.7 Å². The highest BCUT2D eigenvalue weighted by Crippen LogP contribution is 2.39. The van der Waals surface area contributed by atoms with E-state index in [1.165, 1.54) is 129 Å². The number of halogens is 3. The van der Waals surface area contributed by atoms with Crippen molar-refractivity contribution in [2.24, 2.45) is 0 Å². The Labute approximate surface area is 733 Å². The number of carbonyl (C=O) groups excluding carboxylic acids is 14. The fourth-order valence-corrected chi connectivity index (χ4v) is 9.88. The van der Waals surface area contributed by atoms with Crippen LogP contribution in [0.3, 0.4) is 0 Å². The van der Waals surface area contributed by atoms with Crippen molar-refractivity contribution < 1.29 is 182 Å². The van der Waals surface area contributed by atoms with E-state index in [0.717, 1.165) is 39.6 Å². The number of quaternary nitrogens is 1. The average Bonchev–Trinajstić information content (AvgIpc) is 1.54. The second-order valence-electron chi connectivity index (χ2n) is 29.3. The third kappa shape index (κ3) is 77.0. The maximum atomic E-state index is 11.6. The van der Waals surface area contributed by atoms with Crippen LogP contribution >= 0.6 is 0 Å². The Morgan fingerprint density at radius 2 is 0.935 bits per heavy atom. The van der Waals surface area contributed by atoms with Gasteiger partial charge in [0.1, 0.15) is 24.1 Å². The Morgan fingerprint density at radius 3 is 1.19 bits per heavy atom. The van der Waals surface area contributed by atoms with Gasteiger partial charge in [0, 0.05) is 46.3 Å². The van der Waals surface area contributed by atoms with Gasteiger partial charge in [-0.15, -0.1) is 0 Å². The number of alkyl halides is 3. The minimum atomic E-state index is -5.08. The molecule has 2 fully saturated rings. The second-order valence-corrected chi connectivity index (χ2v) is 38.8. The zero-order chi connectivity index (χ0) is 99.2. The van der Waals surface area contributed by atoms with Crippen LogP contribution in [0.4, 0.5) is 13.2 Å². The van der Waals surface area contributed by atoms with Crippen molar-refractivity contribution in [1.29, 1.82) is 0 Å². The normalized spacial score (nSPS) is 13.0. The number of methoxy groups -OCH3 is 6. The van der Waals surface area contributed by atoms with Crippen LogP contribution in [0.15, 0.2) is 54.0 Å². The number of rotatable bonds is 39. The first-order valence-electron chi connectivity index (χ1n) is 40.8. The summed E-state index contributed by atoms with van der Waals surface area (Å²) in [6.45, 7) is 45.2. The summed E-state index contributed by atoms with van der Waals surface area (Å²) in [5.74, 6) is -15.0.